The highest BCUT2D eigenvalue weighted by Crippen LogP contribution is 2.40. The molecule has 1 aliphatic rings. The summed E-state index contributed by atoms with van der Waals surface area (Å²) >= 11 is 1.53. The van der Waals surface area contributed by atoms with Gasteiger partial charge in [0.15, 0.2) is 0 Å². The van der Waals surface area contributed by atoms with Crippen molar-refractivity contribution in [1.29, 1.82) is 0 Å². The van der Waals surface area contributed by atoms with Gasteiger partial charge in [0.1, 0.15) is 0 Å². The van der Waals surface area contributed by atoms with Gasteiger partial charge in [-0.25, -0.2) is 8.42 Å². The first kappa shape index (κ1) is 20.5. The number of sulfonamides is 1. The van der Waals surface area contributed by atoms with Crippen molar-refractivity contribution < 1.29 is 26.4 Å². The van der Waals surface area contributed by atoms with Gasteiger partial charge in [0.05, 0.1) is 16.1 Å². The van der Waals surface area contributed by atoms with Crippen LogP contribution in [0.25, 0.3) is 0 Å². The number of amides is 1. The quantitative estimate of drug-likeness (QED) is 0.786. The summed E-state index contributed by atoms with van der Waals surface area (Å²) in [4.78, 5) is 14.1. The molecule has 2 aromatic carbocycles. The molecule has 0 aromatic heterocycles. The van der Waals surface area contributed by atoms with Gasteiger partial charge in [0.2, 0.25) is 5.91 Å². The Labute approximate surface area is 165 Å². The summed E-state index contributed by atoms with van der Waals surface area (Å²) in [6.07, 6.45) is -4.58. The van der Waals surface area contributed by atoms with Crippen LogP contribution in [0.4, 0.5) is 24.5 Å². The lowest BCUT2D eigenvalue weighted by molar-refractivity contribution is -0.137. The van der Waals surface area contributed by atoms with E-state index in [2.05, 4.69) is 4.72 Å². The van der Waals surface area contributed by atoms with Crippen molar-refractivity contribution in [1.82, 2.24) is 0 Å². The van der Waals surface area contributed by atoms with Crippen molar-refractivity contribution in [2.75, 3.05) is 16.2 Å². The molecule has 150 valence electrons. The fourth-order valence-electron chi connectivity index (χ4n) is 2.86. The Balaban J connectivity index is 1.95. The first-order valence-electron chi connectivity index (χ1n) is 8.26. The van der Waals surface area contributed by atoms with Gasteiger partial charge >= 0.3 is 6.18 Å². The van der Waals surface area contributed by atoms with E-state index in [1.54, 1.807) is 6.07 Å². The standard InChI is InChI=1S/C18H17F3N2O3S2/c1-11-10-23(12(2)24)16-9-15(6-7-17(16)27-11)28(25,26)22-14-5-3-4-13(8-14)18(19,20)21/h3-9,11,22H,10H2,1-2H3. The number of nitrogens with zero attached hydrogens (tertiary/aromatic N) is 1. The minimum absolute atomic E-state index is 0.134. The van der Waals surface area contributed by atoms with Gasteiger partial charge < -0.3 is 4.90 Å². The minimum Gasteiger partial charge on any atom is -0.310 e. The largest absolute Gasteiger partial charge is 0.416 e. The molecular formula is C18H17F3N2O3S2. The topological polar surface area (TPSA) is 66.5 Å². The normalized spacial score (nSPS) is 17.2. The van der Waals surface area contributed by atoms with Crippen molar-refractivity contribution in [3.8, 4) is 0 Å². The molecule has 0 fully saturated rings. The van der Waals surface area contributed by atoms with Crippen LogP contribution in [-0.4, -0.2) is 26.1 Å². The SMILES string of the molecule is CC(=O)N1CC(C)Sc2ccc(S(=O)(=O)Nc3cccc(C(F)(F)F)c3)cc21. The van der Waals surface area contributed by atoms with E-state index >= 15 is 0 Å². The molecule has 0 spiro atoms. The van der Waals surface area contributed by atoms with Crippen LogP contribution in [0, 0.1) is 0 Å². The molecule has 0 bridgehead atoms. The van der Waals surface area contributed by atoms with E-state index in [0.29, 0.717) is 12.2 Å². The fraction of sp³-hybridized carbons (Fsp3) is 0.278. The van der Waals surface area contributed by atoms with E-state index in [1.807, 2.05) is 6.92 Å². The molecule has 1 atom stereocenters. The Morgan fingerprint density at radius 1 is 1.21 bits per heavy atom. The molecule has 0 radical (unpaired) electrons. The van der Waals surface area contributed by atoms with Crippen LogP contribution in [0.2, 0.25) is 0 Å². The summed E-state index contributed by atoms with van der Waals surface area (Å²) in [7, 11) is -4.14. The highest BCUT2D eigenvalue weighted by molar-refractivity contribution is 8.00. The highest BCUT2D eigenvalue weighted by atomic mass is 32.2. The van der Waals surface area contributed by atoms with Gasteiger partial charge in [-0.1, -0.05) is 13.0 Å². The van der Waals surface area contributed by atoms with Crippen LogP contribution in [0.5, 0.6) is 0 Å². The fourth-order valence-corrected chi connectivity index (χ4v) is 5.02. The number of thioether (sulfide) groups is 1. The zero-order chi connectivity index (χ0) is 20.7. The number of benzene rings is 2. The Kier molecular flexibility index (Phi) is 5.37. The summed E-state index contributed by atoms with van der Waals surface area (Å²) in [5.41, 5.74) is -0.673. The highest BCUT2D eigenvalue weighted by Gasteiger charge is 2.31. The molecule has 0 aliphatic carbocycles. The van der Waals surface area contributed by atoms with Crippen molar-refractivity contribution in [2.45, 2.75) is 35.1 Å². The summed E-state index contributed by atoms with van der Waals surface area (Å²) < 4.78 is 66.1. The second-order valence-corrected chi connectivity index (χ2v) is 9.53. The maximum atomic E-state index is 12.8. The summed E-state index contributed by atoms with van der Waals surface area (Å²) in [5, 5.41) is 0.155. The Bertz CT molecular complexity index is 1020. The van der Waals surface area contributed by atoms with E-state index in [1.165, 1.54) is 41.8 Å². The van der Waals surface area contributed by atoms with Crippen LogP contribution in [-0.2, 0) is 21.0 Å². The first-order valence-corrected chi connectivity index (χ1v) is 10.6. The number of nitrogens with one attached hydrogen (secondary N) is 1. The lowest BCUT2D eigenvalue weighted by Crippen LogP contribution is -2.37. The van der Waals surface area contributed by atoms with Crippen LogP contribution in [0.1, 0.15) is 19.4 Å². The van der Waals surface area contributed by atoms with E-state index in [4.69, 9.17) is 0 Å². The van der Waals surface area contributed by atoms with Gasteiger partial charge in [-0.3, -0.25) is 9.52 Å². The van der Waals surface area contributed by atoms with E-state index in [9.17, 15) is 26.4 Å². The van der Waals surface area contributed by atoms with Gasteiger partial charge in [-0.2, -0.15) is 13.2 Å². The first-order chi connectivity index (χ1) is 13.0. The summed E-state index contributed by atoms with van der Waals surface area (Å²) in [5.74, 6) is -0.214. The molecule has 1 amide bonds. The molecule has 1 unspecified atom stereocenters. The lowest BCUT2D eigenvalue weighted by Gasteiger charge is -2.32. The van der Waals surface area contributed by atoms with Crippen LogP contribution in [0.15, 0.2) is 52.3 Å². The van der Waals surface area contributed by atoms with Crippen LogP contribution >= 0.6 is 11.8 Å². The Morgan fingerprint density at radius 3 is 2.57 bits per heavy atom. The van der Waals surface area contributed by atoms with Gasteiger partial charge in [-0.15, -0.1) is 11.8 Å². The summed E-state index contributed by atoms with van der Waals surface area (Å²) in [6.45, 7) is 3.80. The van der Waals surface area contributed by atoms with E-state index in [-0.39, 0.29) is 21.7 Å². The lowest BCUT2D eigenvalue weighted by atomic mass is 10.2. The Morgan fingerprint density at radius 2 is 1.93 bits per heavy atom. The van der Waals surface area contributed by atoms with Crippen molar-refractivity contribution in [3.63, 3.8) is 0 Å². The number of carbonyl (C=O) groups excluding carboxylic acids is 1. The number of hydrogen-bond acceptors (Lipinski definition) is 4. The third kappa shape index (κ3) is 4.27. The van der Waals surface area contributed by atoms with Crippen molar-refractivity contribution in [2.24, 2.45) is 0 Å². The molecule has 3 rings (SSSR count). The molecule has 0 saturated carbocycles. The van der Waals surface area contributed by atoms with Gasteiger partial charge in [-0.05, 0) is 36.4 Å². The second-order valence-electron chi connectivity index (χ2n) is 6.37. The monoisotopic (exact) mass is 430 g/mol. The Hall–Kier alpha value is -2.20. The smallest absolute Gasteiger partial charge is 0.310 e. The van der Waals surface area contributed by atoms with Crippen molar-refractivity contribution >= 4 is 39.1 Å². The van der Waals surface area contributed by atoms with E-state index < -0.39 is 21.8 Å². The van der Waals surface area contributed by atoms with Gasteiger partial charge in [0.25, 0.3) is 10.0 Å². The molecule has 1 aliphatic heterocycles. The number of hydrogen-bond donors (Lipinski definition) is 1. The molecule has 10 heteroatoms. The number of alkyl halides is 3. The molecule has 28 heavy (non-hydrogen) atoms. The third-order valence-electron chi connectivity index (χ3n) is 4.12. The number of carbonyl (C=O) groups is 1. The van der Waals surface area contributed by atoms with Crippen LogP contribution in [0.3, 0.4) is 0 Å². The average molecular weight is 430 g/mol. The minimum atomic E-state index is -4.58. The maximum Gasteiger partial charge on any atom is 0.416 e. The summed E-state index contributed by atoms with van der Waals surface area (Å²) in [6, 6.07) is 8.30. The molecule has 2 aromatic rings. The zero-order valence-electron chi connectivity index (χ0n) is 14.9. The molecule has 1 heterocycles. The number of fused-ring (bicyclic) bond motifs is 1. The maximum absolute atomic E-state index is 12.8. The van der Waals surface area contributed by atoms with Crippen LogP contribution < -0.4 is 9.62 Å². The number of rotatable bonds is 3. The van der Waals surface area contributed by atoms with Gasteiger partial charge in [0, 0.05) is 29.3 Å². The predicted octanol–water partition coefficient (Wildman–Crippen LogP) is 4.35. The molecular weight excluding hydrogens is 413 g/mol. The molecule has 5 nitrogen and oxygen atoms in total. The second kappa shape index (κ2) is 7.32. The average Bonchev–Trinajstić information content (AvgIpc) is 2.59. The molecule has 0 saturated heterocycles. The zero-order valence-corrected chi connectivity index (χ0v) is 16.6. The third-order valence-corrected chi connectivity index (χ3v) is 6.65. The van der Waals surface area contributed by atoms with Crippen molar-refractivity contribution in [3.05, 3.63) is 48.0 Å². The number of anilines is 2. The van der Waals surface area contributed by atoms with E-state index in [0.717, 1.165) is 23.1 Å². The predicted molar refractivity (Wildman–Crippen MR) is 102 cm³/mol. The molecule has 1 N–H and O–H groups in total. The number of halogens is 3.